The van der Waals surface area contributed by atoms with E-state index in [2.05, 4.69) is 66.7 Å². The molecule has 0 aliphatic heterocycles. The minimum atomic E-state index is -0.228. The van der Waals surface area contributed by atoms with Gasteiger partial charge in [-0.15, -0.1) is 0 Å². The molecule has 124 valence electrons. The quantitative estimate of drug-likeness (QED) is 0.328. The number of fused-ring (bicyclic) bond motifs is 4. The molecule has 4 aromatic carbocycles. The second-order valence-electron chi connectivity index (χ2n) is 7.35. The first-order chi connectivity index (χ1) is 12.3. The molecule has 0 heterocycles. The molecule has 0 radical (unpaired) electrons. The van der Waals surface area contributed by atoms with Crippen LogP contribution in [0.5, 0.6) is 0 Å². The first kappa shape index (κ1) is 14.9. The summed E-state index contributed by atoms with van der Waals surface area (Å²) < 4.78 is 0. The number of aliphatic hydroxyl groups excluding tert-OH is 1. The molecule has 1 aliphatic rings. The summed E-state index contributed by atoms with van der Waals surface area (Å²) in [6.45, 7) is 0. The van der Waals surface area contributed by atoms with Crippen LogP contribution in [0.4, 0.5) is 0 Å². The van der Waals surface area contributed by atoms with Crippen LogP contribution in [0.25, 0.3) is 32.3 Å². The lowest BCUT2D eigenvalue weighted by Gasteiger charge is -2.30. The zero-order valence-electron chi connectivity index (χ0n) is 14.3. The van der Waals surface area contributed by atoms with Crippen molar-refractivity contribution in [3.63, 3.8) is 0 Å². The lowest BCUT2D eigenvalue weighted by atomic mass is 9.77. The smallest absolute Gasteiger partial charge is 0.0609 e. The zero-order chi connectivity index (χ0) is 16.8. The van der Waals surface area contributed by atoms with E-state index in [-0.39, 0.29) is 12.0 Å². The van der Waals surface area contributed by atoms with Crippen LogP contribution in [0.3, 0.4) is 0 Å². The Morgan fingerprint density at radius 1 is 0.640 bits per heavy atom. The number of benzene rings is 4. The van der Waals surface area contributed by atoms with Crippen LogP contribution in [0.1, 0.15) is 37.2 Å². The monoisotopic (exact) mass is 326 g/mol. The zero-order valence-corrected chi connectivity index (χ0v) is 14.3. The molecule has 1 nitrogen and oxygen atoms in total. The van der Waals surface area contributed by atoms with Gasteiger partial charge in [-0.2, -0.15) is 0 Å². The Bertz CT molecular complexity index is 1080. The fourth-order valence-electron chi connectivity index (χ4n) is 4.70. The molecule has 0 saturated heterocycles. The molecule has 2 unspecified atom stereocenters. The molecule has 0 spiro atoms. The average molecular weight is 326 g/mol. The Labute approximate surface area is 147 Å². The first-order valence-electron chi connectivity index (χ1n) is 9.34. The third-order valence-electron chi connectivity index (χ3n) is 5.91. The summed E-state index contributed by atoms with van der Waals surface area (Å²) in [7, 11) is 0. The van der Waals surface area contributed by atoms with Gasteiger partial charge in [-0.1, -0.05) is 73.5 Å². The van der Waals surface area contributed by atoms with Crippen LogP contribution >= 0.6 is 0 Å². The van der Waals surface area contributed by atoms with E-state index in [9.17, 15) is 5.11 Å². The van der Waals surface area contributed by atoms with E-state index in [0.717, 1.165) is 19.3 Å². The molecular formula is C24H22O. The predicted octanol–water partition coefficient (Wildman–Crippen LogP) is 6.16. The van der Waals surface area contributed by atoms with E-state index in [1.54, 1.807) is 0 Å². The van der Waals surface area contributed by atoms with Crippen molar-refractivity contribution in [3.8, 4) is 0 Å². The summed E-state index contributed by atoms with van der Waals surface area (Å²) in [5, 5.41) is 18.5. The normalized spacial score (nSPS) is 21.2. The van der Waals surface area contributed by atoms with Gasteiger partial charge in [0.05, 0.1) is 6.10 Å². The molecule has 0 aromatic heterocycles. The fourth-order valence-corrected chi connectivity index (χ4v) is 4.70. The van der Waals surface area contributed by atoms with Gasteiger partial charge in [-0.3, -0.25) is 0 Å². The molecule has 1 aliphatic carbocycles. The summed E-state index contributed by atoms with van der Waals surface area (Å²) in [4.78, 5) is 0. The van der Waals surface area contributed by atoms with Crippen molar-refractivity contribution < 1.29 is 5.11 Å². The highest BCUT2D eigenvalue weighted by molar-refractivity contribution is 6.14. The van der Waals surface area contributed by atoms with Crippen molar-refractivity contribution >= 4 is 32.3 Å². The van der Waals surface area contributed by atoms with Gasteiger partial charge in [0.2, 0.25) is 0 Å². The fraction of sp³-hybridized carbons (Fsp3) is 0.250. The third kappa shape index (κ3) is 2.34. The van der Waals surface area contributed by atoms with Gasteiger partial charge in [0.15, 0.2) is 0 Å². The summed E-state index contributed by atoms with van der Waals surface area (Å²) in [5.41, 5.74) is 1.35. The van der Waals surface area contributed by atoms with Crippen molar-refractivity contribution in [1.82, 2.24) is 0 Å². The average Bonchev–Trinajstić information content (AvgIpc) is 2.67. The second-order valence-corrected chi connectivity index (χ2v) is 7.35. The van der Waals surface area contributed by atoms with E-state index in [4.69, 9.17) is 0 Å². The number of hydrogen-bond acceptors (Lipinski definition) is 1. The number of aliphatic hydroxyl groups is 1. The Morgan fingerprint density at radius 2 is 1.36 bits per heavy atom. The maximum Gasteiger partial charge on any atom is 0.0609 e. The van der Waals surface area contributed by atoms with Gasteiger partial charge in [0.25, 0.3) is 0 Å². The summed E-state index contributed by atoms with van der Waals surface area (Å²) in [6.07, 6.45) is 4.12. The van der Waals surface area contributed by atoms with Gasteiger partial charge in [-0.25, -0.2) is 0 Å². The molecule has 1 fully saturated rings. The van der Waals surface area contributed by atoms with Crippen LogP contribution < -0.4 is 0 Å². The molecule has 0 amide bonds. The Morgan fingerprint density at radius 3 is 2.20 bits per heavy atom. The van der Waals surface area contributed by atoms with E-state index in [0.29, 0.717) is 0 Å². The maximum absolute atomic E-state index is 10.8. The van der Waals surface area contributed by atoms with Crippen molar-refractivity contribution in [2.24, 2.45) is 0 Å². The van der Waals surface area contributed by atoms with Gasteiger partial charge in [0.1, 0.15) is 0 Å². The van der Waals surface area contributed by atoms with Crippen LogP contribution in [-0.2, 0) is 0 Å². The molecule has 1 saturated carbocycles. The SMILES string of the molecule is OC1CCCCC1c1c2ccccc2cc2c1ccc1ccccc12. The van der Waals surface area contributed by atoms with Gasteiger partial charge in [-0.05, 0) is 56.8 Å². The molecular weight excluding hydrogens is 304 g/mol. The van der Waals surface area contributed by atoms with Crippen molar-refractivity contribution in [2.45, 2.75) is 37.7 Å². The summed E-state index contributed by atoms with van der Waals surface area (Å²) in [5.74, 6) is 0.239. The molecule has 1 heteroatoms. The molecule has 4 aromatic rings. The molecule has 1 N–H and O–H groups in total. The second kappa shape index (κ2) is 5.86. The van der Waals surface area contributed by atoms with Gasteiger partial charge >= 0.3 is 0 Å². The molecule has 25 heavy (non-hydrogen) atoms. The van der Waals surface area contributed by atoms with E-state index in [1.807, 2.05) is 0 Å². The van der Waals surface area contributed by atoms with Crippen LogP contribution in [0.15, 0.2) is 66.7 Å². The van der Waals surface area contributed by atoms with Crippen LogP contribution in [0, 0.1) is 0 Å². The topological polar surface area (TPSA) is 20.2 Å². The van der Waals surface area contributed by atoms with Gasteiger partial charge in [0, 0.05) is 5.92 Å². The van der Waals surface area contributed by atoms with E-state index < -0.39 is 0 Å². The lowest BCUT2D eigenvalue weighted by molar-refractivity contribution is 0.107. The lowest BCUT2D eigenvalue weighted by Crippen LogP contribution is -2.23. The van der Waals surface area contributed by atoms with Crippen molar-refractivity contribution in [3.05, 3.63) is 72.3 Å². The Hall–Kier alpha value is -2.38. The first-order valence-corrected chi connectivity index (χ1v) is 9.34. The Balaban J connectivity index is 1.93. The highest BCUT2D eigenvalue weighted by atomic mass is 16.3. The number of hydrogen-bond donors (Lipinski definition) is 1. The predicted molar refractivity (Wildman–Crippen MR) is 106 cm³/mol. The van der Waals surface area contributed by atoms with E-state index >= 15 is 0 Å². The van der Waals surface area contributed by atoms with Crippen LogP contribution in [-0.4, -0.2) is 11.2 Å². The molecule has 5 rings (SSSR count). The summed E-state index contributed by atoms with van der Waals surface area (Å²) >= 11 is 0. The molecule has 2 atom stereocenters. The van der Waals surface area contributed by atoms with Crippen LogP contribution in [0.2, 0.25) is 0 Å². The van der Waals surface area contributed by atoms with Crippen molar-refractivity contribution in [1.29, 1.82) is 0 Å². The van der Waals surface area contributed by atoms with Crippen molar-refractivity contribution in [2.75, 3.05) is 0 Å². The minimum absolute atomic E-state index is 0.228. The largest absolute Gasteiger partial charge is 0.392 e. The van der Waals surface area contributed by atoms with Gasteiger partial charge < -0.3 is 5.11 Å². The maximum atomic E-state index is 10.8. The highest BCUT2D eigenvalue weighted by Gasteiger charge is 2.27. The van der Waals surface area contributed by atoms with E-state index in [1.165, 1.54) is 44.3 Å². The Kier molecular flexibility index (Phi) is 3.50. The number of rotatable bonds is 1. The standard InChI is InChI=1S/C24H22O/c25-23-12-6-5-11-21(23)24-19-10-4-2-8-17(19)15-22-18-9-3-1-7-16(18)13-14-20(22)24/h1-4,7-10,13-15,21,23,25H,5-6,11-12H2. The minimum Gasteiger partial charge on any atom is -0.392 e. The molecule has 0 bridgehead atoms. The summed E-state index contributed by atoms with van der Waals surface area (Å²) in [6, 6.07) is 24.1. The third-order valence-corrected chi connectivity index (χ3v) is 5.91. The highest BCUT2D eigenvalue weighted by Crippen LogP contribution is 2.42.